The van der Waals surface area contributed by atoms with Gasteiger partial charge in [0, 0.05) is 0 Å². The van der Waals surface area contributed by atoms with Gasteiger partial charge in [-0.15, -0.1) is 0 Å². The molecule has 120 valence electrons. The number of benzene rings is 1. The van der Waals surface area contributed by atoms with Gasteiger partial charge in [-0.1, -0.05) is 25.0 Å². The predicted molar refractivity (Wildman–Crippen MR) is 78.0 cm³/mol. The molecule has 22 heavy (non-hydrogen) atoms. The van der Waals surface area contributed by atoms with Gasteiger partial charge in [0.05, 0.1) is 11.5 Å². The molecule has 1 aromatic carbocycles. The first-order chi connectivity index (χ1) is 10.4. The van der Waals surface area contributed by atoms with Crippen molar-refractivity contribution in [1.29, 1.82) is 0 Å². The number of amides is 1. The zero-order valence-corrected chi connectivity index (χ0v) is 12.5. The maximum atomic E-state index is 13.4. The number of carboxylic acids is 1. The SMILES string of the molecule is CC1(NC(=O)COc2ccccc2F)CCCCC1C(=O)O. The van der Waals surface area contributed by atoms with Gasteiger partial charge < -0.3 is 15.2 Å². The number of aliphatic carboxylic acids is 1. The quantitative estimate of drug-likeness (QED) is 0.875. The molecule has 0 bridgehead atoms. The third kappa shape index (κ3) is 3.75. The molecule has 6 heteroatoms. The number of rotatable bonds is 5. The lowest BCUT2D eigenvalue weighted by atomic mass is 9.74. The molecule has 1 fully saturated rings. The minimum absolute atomic E-state index is 0.00114. The number of para-hydroxylation sites is 1. The molecule has 1 amide bonds. The summed E-state index contributed by atoms with van der Waals surface area (Å²) < 4.78 is 18.6. The van der Waals surface area contributed by atoms with Gasteiger partial charge in [0.15, 0.2) is 18.2 Å². The summed E-state index contributed by atoms with van der Waals surface area (Å²) in [7, 11) is 0. The number of carbonyl (C=O) groups is 2. The number of ether oxygens (including phenoxy) is 1. The second-order valence-electron chi connectivity index (χ2n) is 5.82. The number of carbonyl (C=O) groups excluding carboxylic acids is 1. The number of halogens is 1. The zero-order valence-electron chi connectivity index (χ0n) is 12.5. The largest absolute Gasteiger partial charge is 0.481 e. The Morgan fingerprint density at radius 3 is 2.82 bits per heavy atom. The highest BCUT2D eigenvalue weighted by Gasteiger charge is 2.42. The first-order valence-electron chi connectivity index (χ1n) is 7.33. The monoisotopic (exact) mass is 309 g/mol. The fraction of sp³-hybridized carbons (Fsp3) is 0.500. The maximum Gasteiger partial charge on any atom is 0.308 e. The summed E-state index contributed by atoms with van der Waals surface area (Å²) in [6.07, 6.45) is 2.86. The minimum atomic E-state index is -0.905. The van der Waals surface area contributed by atoms with E-state index in [1.165, 1.54) is 18.2 Å². The van der Waals surface area contributed by atoms with Crippen LogP contribution in [0.4, 0.5) is 4.39 Å². The molecular weight excluding hydrogens is 289 g/mol. The Bertz CT molecular complexity index is 563. The number of carboxylic acid groups (broad SMARTS) is 1. The normalized spacial score (nSPS) is 24.5. The fourth-order valence-electron chi connectivity index (χ4n) is 2.94. The van der Waals surface area contributed by atoms with E-state index < -0.39 is 29.2 Å². The van der Waals surface area contributed by atoms with Gasteiger partial charge in [0.2, 0.25) is 0 Å². The van der Waals surface area contributed by atoms with Crippen LogP contribution in [-0.4, -0.2) is 29.1 Å². The molecule has 2 unspecified atom stereocenters. The van der Waals surface area contributed by atoms with Crippen LogP contribution >= 0.6 is 0 Å². The maximum absolute atomic E-state index is 13.4. The van der Waals surface area contributed by atoms with E-state index in [1.807, 2.05) is 0 Å². The van der Waals surface area contributed by atoms with E-state index in [2.05, 4.69) is 5.32 Å². The highest BCUT2D eigenvalue weighted by atomic mass is 19.1. The lowest BCUT2D eigenvalue weighted by Crippen LogP contribution is -2.56. The van der Waals surface area contributed by atoms with Crippen LogP contribution in [0.1, 0.15) is 32.6 Å². The predicted octanol–water partition coefficient (Wildman–Crippen LogP) is 2.35. The average molecular weight is 309 g/mol. The van der Waals surface area contributed by atoms with Gasteiger partial charge in [-0.3, -0.25) is 9.59 Å². The summed E-state index contributed by atoms with van der Waals surface area (Å²) in [5, 5.41) is 12.0. The second kappa shape index (κ2) is 6.77. The van der Waals surface area contributed by atoms with Crippen LogP contribution in [0.3, 0.4) is 0 Å². The van der Waals surface area contributed by atoms with Crippen molar-refractivity contribution in [3.05, 3.63) is 30.1 Å². The zero-order chi connectivity index (χ0) is 16.2. The van der Waals surface area contributed by atoms with E-state index in [1.54, 1.807) is 13.0 Å². The molecule has 0 saturated heterocycles. The van der Waals surface area contributed by atoms with Crippen molar-refractivity contribution in [3.8, 4) is 5.75 Å². The smallest absolute Gasteiger partial charge is 0.308 e. The van der Waals surface area contributed by atoms with Crippen LogP contribution in [0.15, 0.2) is 24.3 Å². The molecule has 5 nitrogen and oxygen atoms in total. The van der Waals surface area contributed by atoms with Crippen LogP contribution in [0.2, 0.25) is 0 Å². The molecule has 1 aromatic rings. The summed E-state index contributed by atoms with van der Waals surface area (Å²) in [6.45, 7) is 1.40. The lowest BCUT2D eigenvalue weighted by molar-refractivity contribution is -0.146. The van der Waals surface area contributed by atoms with Crippen molar-refractivity contribution in [3.63, 3.8) is 0 Å². The number of hydrogen-bond donors (Lipinski definition) is 2. The Hall–Kier alpha value is -2.11. The summed E-state index contributed by atoms with van der Waals surface area (Å²) in [4.78, 5) is 23.4. The standard InChI is InChI=1S/C16H20FNO4/c1-16(9-5-4-6-11(16)15(20)21)18-14(19)10-22-13-8-3-2-7-12(13)17/h2-3,7-8,11H,4-6,9-10H2,1H3,(H,18,19)(H,20,21). The first kappa shape index (κ1) is 16.3. The number of nitrogens with one attached hydrogen (secondary N) is 1. The van der Waals surface area contributed by atoms with Gasteiger partial charge in [-0.05, 0) is 31.9 Å². The molecule has 0 heterocycles. The molecule has 2 atom stereocenters. The average Bonchev–Trinajstić information content (AvgIpc) is 2.46. The van der Waals surface area contributed by atoms with E-state index in [4.69, 9.17) is 4.74 Å². The minimum Gasteiger partial charge on any atom is -0.481 e. The molecule has 2 N–H and O–H groups in total. The summed E-state index contributed by atoms with van der Waals surface area (Å²) >= 11 is 0. The highest BCUT2D eigenvalue weighted by Crippen LogP contribution is 2.33. The summed E-state index contributed by atoms with van der Waals surface area (Å²) in [6, 6.07) is 5.82. The molecule has 0 aliphatic heterocycles. The third-order valence-corrected chi connectivity index (χ3v) is 4.13. The van der Waals surface area contributed by atoms with Crippen molar-refractivity contribution < 1.29 is 23.8 Å². The summed E-state index contributed by atoms with van der Waals surface area (Å²) in [5.41, 5.74) is -0.792. The Morgan fingerprint density at radius 1 is 1.41 bits per heavy atom. The Morgan fingerprint density at radius 2 is 2.14 bits per heavy atom. The van der Waals surface area contributed by atoms with Crippen molar-refractivity contribution in [2.75, 3.05) is 6.61 Å². The summed E-state index contributed by atoms with van der Waals surface area (Å²) in [5.74, 6) is -2.50. The van der Waals surface area contributed by atoms with Gasteiger partial charge in [0.1, 0.15) is 0 Å². The van der Waals surface area contributed by atoms with E-state index in [9.17, 15) is 19.1 Å². The van der Waals surface area contributed by atoms with Gasteiger partial charge in [0.25, 0.3) is 5.91 Å². The Balaban J connectivity index is 1.95. The van der Waals surface area contributed by atoms with Crippen molar-refractivity contribution >= 4 is 11.9 Å². The molecule has 1 saturated carbocycles. The van der Waals surface area contributed by atoms with E-state index >= 15 is 0 Å². The molecule has 1 aliphatic rings. The van der Waals surface area contributed by atoms with Crippen LogP contribution in [-0.2, 0) is 9.59 Å². The molecular formula is C16H20FNO4. The van der Waals surface area contributed by atoms with Crippen LogP contribution in [0.25, 0.3) is 0 Å². The lowest BCUT2D eigenvalue weighted by Gasteiger charge is -2.39. The molecule has 0 radical (unpaired) electrons. The van der Waals surface area contributed by atoms with Crippen molar-refractivity contribution in [2.45, 2.75) is 38.1 Å². The molecule has 2 rings (SSSR count). The topological polar surface area (TPSA) is 75.6 Å². The van der Waals surface area contributed by atoms with Crippen LogP contribution in [0.5, 0.6) is 5.75 Å². The van der Waals surface area contributed by atoms with Crippen molar-refractivity contribution in [1.82, 2.24) is 5.32 Å². The van der Waals surface area contributed by atoms with Crippen molar-refractivity contribution in [2.24, 2.45) is 5.92 Å². The highest BCUT2D eigenvalue weighted by molar-refractivity contribution is 5.80. The van der Waals surface area contributed by atoms with E-state index in [-0.39, 0.29) is 12.4 Å². The second-order valence-corrected chi connectivity index (χ2v) is 5.82. The Kier molecular flexibility index (Phi) is 5.00. The molecule has 0 spiro atoms. The Labute approximate surface area is 128 Å². The van der Waals surface area contributed by atoms with Gasteiger partial charge in [-0.2, -0.15) is 0 Å². The van der Waals surface area contributed by atoms with Gasteiger partial charge >= 0.3 is 5.97 Å². The first-order valence-corrected chi connectivity index (χ1v) is 7.33. The number of hydrogen-bond acceptors (Lipinski definition) is 3. The third-order valence-electron chi connectivity index (χ3n) is 4.13. The van der Waals surface area contributed by atoms with E-state index in [0.717, 1.165) is 12.8 Å². The van der Waals surface area contributed by atoms with E-state index in [0.29, 0.717) is 12.8 Å². The molecule has 1 aliphatic carbocycles. The van der Waals surface area contributed by atoms with Gasteiger partial charge in [-0.25, -0.2) is 4.39 Å². The van der Waals surface area contributed by atoms with Crippen LogP contribution < -0.4 is 10.1 Å². The fourth-order valence-corrected chi connectivity index (χ4v) is 2.94. The molecule has 0 aromatic heterocycles. The van der Waals surface area contributed by atoms with Crippen LogP contribution in [0, 0.1) is 11.7 Å².